The lowest BCUT2D eigenvalue weighted by Crippen LogP contribution is -2.53. The van der Waals surface area contributed by atoms with Crippen LogP contribution in [0.25, 0.3) is 0 Å². The van der Waals surface area contributed by atoms with Gasteiger partial charge in [-0.15, -0.1) is 0 Å². The van der Waals surface area contributed by atoms with E-state index in [0.717, 1.165) is 12.5 Å². The van der Waals surface area contributed by atoms with Crippen LogP contribution in [0, 0.1) is 0 Å². The normalized spacial score (nSPS) is 30.1. The van der Waals surface area contributed by atoms with Crippen LogP contribution in [0.5, 0.6) is 0 Å². The molecule has 3 fully saturated rings. The van der Waals surface area contributed by atoms with Gasteiger partial charge in [0.15, 0.2) is 0 Å². The van der Waals surface area contributed by atoms with Crippen molar-refractivity contribution < 1.29 is 4.79 Å². The first kappa shape index (κ1) is 20.1. The fraction of sp³-hybridized carbons (Fsp3) is 0.955. The zero-order chi connectivity index (χ0) is 18.4. The summed E-state index contributed by atoms with van der Waals surface area (Å²) in [5, 5.41) is 0. The lowest BCUT2D eigenvalue weighted by molar-refractivity contribution is -0.129. The molecule has 0 radical (unpaired) electrons. The molecule has 0 N–H and O–H groups in total. The first-order valence-electron chi connectivity index (χ1n) is 11.3. The molecule has 1 amide bonds. The molecule has 0 aromatic rings. The minimum atomic E-state index is 0.258. The van der Waals surface area contributed by atoms with Gasteiger partial charge in [-0.1, -0.05) is 38.5 Å². The summed E-state index contributed by atoms with van der Waals surface area (Å²) in [6.07, 6.45) is 17.0. The molecule has 1 atom stereocenters. The van der Waals surface area contributed by atoms with Gasteiger partial charge in [0.2, 0.25) is 5.91 Å². The molecule has 1 unspecified atom stereocenters. The number of piperidine rings is 1. The van der Waals surface area contributed by atoms with E-state index < -0.39 is 0 Å². The third-order valence-electron chi connectivity index (χ3n) is 7.28. The Morgan fingerprint density at radius 1 is 0.923 bits per heavy atom. The lowest BCUT2D eigenvalue weighted by atomic mass is 9.87. The van der Waals surface area contributed by atoms with Gasteiger partial charge in [-0.05, 0) is 51.6 Å². The van der Waals surface area contributed by atoms with Gasteiger partial charge < -0.3 is 4.90 Å². The van der Waals surface area contributed by atoms with E-state index in [0.29, 0.717) is 12.3 Å². The van der Waals surface area contributed by atoms with Crippen LogP contribution in [0.4, 0.5) is 0 Å². The van der Waals surface area contributed by atoms with Crippen LogP contribution in [-0.4, -0.2) is 72.5 Å². The average Bonchev–Trinajstić information content (AvgIpc) is 3.05. The molecule has 2 heterocycles. The zero-order valence-electron chi connectivity index (χ0n) is 17.3. The minimum Gasteiger partial charge on any atom is -0.349 e. The van der Waals surface area contributed by atoms with E-state index in [1.807, 2.05) is 14.1 Å². The second kappa shape index (κ2) is 9.54. The van der Waals surface area contributed by atoms with Crippen LogP contribution >= 0.6 is 0 Å². The van der Waals surface area contributed by atoms with Crippen molar-refractivity contribution in [2.24, 2.45) is 0 Å². The highest BCUT2D eigenvalue weighted by atomic mass is 16.2. The minimum absolute atomic E-state index is 0.258. The maximum Gasteiger partial charge on any atom is 0.222 e. The van der Waals surface area contributed by atoms with Gasteiger partial charge in [-0.3, -0.25) is 14.6 Å². The number of hydrogen-bond donors (Lipinski definition) is 0. The zero-order valence-corrected chi connectivity index (χ0v) is 17.3. The molecule has 1 aliphatic carbocycles. The lowest BCUT2D eigenvalue weighted by Gasteiger charge is -2.44. The van der Waals surface area contributed by atoms with E-state index in [1.54, 1.807) is 4.90 Å². The van der Waals surface area contributed by atoms with Crippen molar-refractivity contribution in [3.63, 3.8) is 0 Å². The van der Waals surface area contributed by atoms with E-state index in [2.05, 4.69) is 9.80 Å². The van der Waals surface area contributed by atoms with Crippen LogP contribution in [0.15, 0.2) is 0 Å². The van der Waals surface area contributed by atoms with E-state index in [4.69, 9.17) is 0 Å². The number of amides is 1. The summed E-state index contributed by atoms with van der Waals surface area (Å²) in [6.45, 7) is 4.94. The van der Waals surface area contributed by atoms with Crippen molar-refractivity contribution in [3.05, 3.63) is 0 Å². The number of nitrogens with zero attached hydrogens (tertiary/aromatic N) is 3. The molecule has 26 heavy (non-hydrogen) atoms. The molecule has 0 spiro atoms. The molecule has 2 saturated heterocycles. The predicted molar refractivity (Wildman–Crippen MR) is 108 cm³/mol. The molecule has 1 saturated carbocycles. The van der Waals surface area contributed by atoms with Crippen molar-refractivity contribution in [2.45, 2.75) is 95.1 Å². The van der Waals surface area contributed by atoms with Crippen LogP contribution in [0.1, 0.15) is 83.5 Å². The molecule has 0 aromatic carbocycles. The van der Waals surface area contributed by atoms with Gasteiger partial charge >= 0.3 is 0 Å². The van der Waals surface area contributed by atoms with E-state index in [1.165, 1.54) is 96.8 Å². The standard InChI is InChI=1S/C22H41N3O/c1-23(2)21(26)13-14-22(25-16-9-6-10-17-25)15-18-24(19-22)20-11-7-4-3-5-8-12-20/h20H,3-19H2,1-2H3. The summed E-state index contributed by atoms with van der Waals surface area (Å²) in [6, 6.07) is 0.798. The first-order chi connectivity index (χ1) is 12.6. The first-order valence-corrected chi connectivity index (χ1v) is 11.3. The summed E-state index contributed by atoms with van der Waals surface area (Å²) < 4.78 is 0. The Morgan fingerprint density at radius 3 is 2.19 bits per heavy atom. The van der Waals surface area contributed by atoms with Crippen LogP contribution in [0.3, 0.4) is 0 Å². The van der Waals surface area contributed by atoms with Crippen molar-refractivity contribution >= 4 is 5.91 Å². The fourth-order valence-electron chi connectivity index (χ4n) is 5.55. The van der Waals surface area contributed by atoms with E-state index in [-0.39, 0.29) is 5.54 Å². The van der Waals surface area contributed by atoms with Crippen molar-refractivity contribution in [3.8, 4) is 0 Å². The molecule has 3 aliphatic rings. The van der Waals surface area contributed by atoms with Gasteiger partial charge in [0.05, 0.1) is 0 Å². The van der Waals surface area contributed by atoms with Crippen molar-refractivity contribution in [2.75, 3.05) is 40.3 Å². The molecular formula is C22H41N3O. The Kier molecular flexibility index (Phi) is 7.39. The SMILES string of the molecule is CN(C)C(=O)CCC1(N2CCCCC2)CCN(C2CCCCCCC2)C1. The Hall–Kier alpha value is -0.610. The molecule has 2 aliphatic heterocycles. The Bertz CT molecular complexity index is 439. The van der Waals surface area contributed by atoms with Crippen molar-refractivity contribution in [1.82, 2.24) is 14.7 Å². The number of rotatable bonds is 5. The highest BCUT2D eigenvalue weighted by molar-refractivity contribution is 5.75. The number of carbonyl (C=O) groups excluding carboxylic acids is 1. The number of hydrogen-bond acceptors (Lipinski definition) is 3. The predicted octanol–water partition coefficient (Wildman–Crippen LogP) is 3.90. The highest BCUT2D eigenvalue weighted by Gasteiger charge is 2.44. The summed E-state index contributed by atoms with van der Waals surface area (Å²) in [5.74, 6) is 0.297. The Labute approximate surface area is 161 Å². The number of likely N-dealkylation sites (tertiary alicyclic amines) is 2. The molecule has 4 heteroatoms. The van der Waals surface area contributed by atoms with Gasteiger partial charge in [0.25, 0.3) is 0 Å². The summed E-state index contributed by atoms with van der Waals surface area (Å²) in [4.78, 5) is 19.7. The van der Waals surface area contributed by atoms with E-state index >= 15 is 0 Å². The molecule has 0 aromatic heterocycles. The second-order valence-electron chi connectivity index (χ2n) is 9.28. The molecule has 150 valence electrons. The van der Waals surface area contributed by atoms with Crippen LogP contribution < -0.4 is 0 Å². The van der Waals surface area contributed by atoms with Crippen molar-refractivity contribution in [1.29, 1.82) is 0 Å². The Balaban J connectivity index is 1.66. The second-order valence-corrected chi connectivity index (χ2v) is 9.28. The average molecular weight is 364 g/mol. The molecule has 3 rings (SSSR count). The maximum atomic E-state index is 12.3. The van der Waals surface area contributed by atoms with Gasteiger partial charge in [-0.25, -0.2) is 0 Å². The summed E-state index contributed by atoms with van der Waals surface area (Å²) >= 11 is 0. The quantitative estimate of drug-likeness (QED) is 0.741. The molecular weight excluding hydrogens is 322 g/mol. The van der Waals surface area contributed by atoms with Gasteiger partial charge in [0.1, 0.15) is 0 Å². The monoisotopic (exact) mass is 363 g/mol. The Morgan fingerprint density at radius 2 is 1.54 bits per heavy atom. The van der Waals surface area contributed by atoms with Crippen LogP contribution in [0.2, 0.25) is 0 Å². The third-order valence-corrected chi connectivity index (χ3v) is 7.28. The topological polar surface area (TPSA) is 26.8 Å². The highest BCUT2D eigenvalue weighted by Crippen LogP contribution is 2.37. The summed E-state index contributed by atoms with van der Waals surface area (Å²) in [5.41, 5.74) is 0.258. The van der Waals surface area contributed by atoms with Crippen LogP contribution in [-0.2, 0) is 4.79 Å². The third kappa shape index (κ3) is 5.01. The molecule has 0 bridgehead atoms. The fourth-order valence-corrected chi connectivity index (χ4v) is 5.55. The molecule has 4 nitrogen and oxygen atoms in total. The van der Waals surface area contributed by atoms with Gasteiger partial charge in [-0.2, -0.15) is 0 Å². The summed E-state index contributed by atoms with van der Waals surface area (Å²) in [7, 11) is 3.79. The maximum absolute atomic E-state index is 12.3. The largest absolute Gasteiger partial charge is 0.349 e. The number of carbonyl (C=O) groups is 1. The van der Waals surface area contributed by atoms with Gasteiger partial charge in [0, 0.05) is 45.2 Å². The smallest absolute Gasteiger partial charge is 0.222 e. The van der Waals surface area contributed by atoms with E-state index in [9.17, 15) is 4.79 Å².